The molecular formula is C15H20N2O3. The third-order valence-electron chi connectivity index (χ3n) is 3.82. The maximum Gasteiger partial charge on any atom is 0.254 e. The lowest BCUT2D eigenvalue weighted by atomic mass is 10.1. The number of nitrogens with one attached hydrogen (secondary N) is 1. The molecule has 0 aliphatic carbocycles. The first kappa shape index (κ1) is 14.5. The third kappa shape index (κ3) is 3.57. The van der Waals surface area contributed by atoms with Crippen LogP contribution < -0.4 is 10.0 Å². The normalized spacial score (nSPS) is 16.1. The van der Waals surface area contributed by atoms with Gasteiger partial charge in [0, 0.05) is 18.0 Å². The number of aryl methyl sites for hydroxylation is 1. The van der Waals surface area contributed by atoms with Crippen LogP contribution in [0.1, 0.15) is 22.3 Å². The summed E-state index contributed by atoms with van der Waals surface area (Å²) >= 11 is 0. The number of aliphatic carboxylic acids is 1. The maximum atomic E-state index is 12.4. The van der Waals surface area contributed by atoms with Gasteiger partial charge in [0.05, 0.1) is 32.7 Å². The SMILES string of the molecule is Cc1ccccc1C(=O)N1CC[NH+](CCC(=O)[O-])CC1. The van der Waals surface area contributed by atoms with E-state index in [1.54, 1.807) is 0 Å². The monoisotopic (exact) mass is 276 g/mol. The number of nitrogens with zero attached hydrogens (tertiary/aromatic N) is 1. The number of hydrogen-bond acceptors (Lipinski definition) is 3. The average molecular weight is 276 g/mol. The fourth-order valence-electron chi connectivity index (χ4n) is 2.54. The quantitative estimate of drug-likeness (QED) is 0.726. The molecule has 1 fully saturated rings. The van der Waals surface area contributed by atoms with E-state index >= 15 is 0 Å². The van der Waals surface area contributed by atoms with E-state index in [1.807, 2.05) is 36.1 Å². The van der Waals surface area contributed by atoms with Crippen molar-refractivity contribution in [2.75, 3.05) is 32.7 Å². The molecule has 1 heterocycles. The molecule has 0 saturated carbocycles. The number of carbonyl (C=O) groups excluding carboxylic acids is 2. The summed E-state index contributed by atoms with van der Waals surface area (Å²) in [5.74, 6) is -0.932. The van der Waals surface area contributed by atoms with Crippen molar-refractivity contribution in [1.29, 1.82) is 0 Å². The van der Waals surface area contributed by atoms with Gasteiger partial charge in [-0.15, -0.1) is 0 Å². The first-order valence-electron chi connectivity index (χ1n) is 6.96. The van der Waals surface area contributed by atoms with E-state index in [0.717, 1.165) is 24.2 Å². The molecule has 0 unspecified atom stereocenters. The highest BCUT2D eigenvalue weighted by Crippen LogP contribution is 2.10. The Morgan fingerprint density at radius 2 is 1.90 bits per heavy atom. The van der Waals surface area contributed by atoms with Crippen molar-refractivity contribution in [3.05, 3.63) is 35.4 Å². The Balaban J connectivity index is 1.89. The summed E-state index contributed by atoms with van der Waals surface area (Å²) in [5.41, 5.74) is 1.75. The molecule has 1 aromatic carbocycles. The zero-order chi connectivity index (χ0) is 14.5. The van der Waals surface area contributed by atoms with Gasteiger partial charge in [-0.05, 0) is 18.6 Å². The Hall–Kier alpha value is -1.88. The maximum absolute atomic E-state index is 12.4. The Kier molecular flexibility index (Phi) is 4.74. The van der Waals surface area contributed by atoms with Crippen LogP contribution in [0.5, 0.6) is 0 Å². The van der Waals surface area contributed by atoms with Gasteiger partial charge in [-0.1, -0.05) is 18.2 Å². The second kappa shape index (κ2) is 6.52. The smallest absolute Gasteiger partial charge is 0.254 e. The number of carboxylic acid groups (broad SMARTS) is 1. The largest absolute Gasteiger partial charge is 0.550 e. The van der Waals surface area contributed by atoms with Crippen LogP contribution in [0.15, 0.2) is 24.3 Å². The molecule has 0 aromatic heterocycles. The molecule has 0 radical (unpaired) electrons. The number of benzene rings is 1. The standard InChI is InChI=1S/C15H20N2O3/c1-12-4-2-3-5-13(12)15(20)17-10-8-16(9-11-17)7-6-14(18)19/h2-5H,6-11H2,1H3,(H,18,19). The van der Waals surface area contributed by atoms with Crippen molar-refractivity contribution >= 4 is 11.9 Å². The number of amides is 1. The molecule has 5 nitrogen and oxygen atoms in total. The average Bonchev–Trinajstić information content (AvgIpc) is 2.45. The summed E-state index contributed by atoms with van der Waals surface area (Å²) in [6, 6.07) is 7.59. The van der Waals surface area contributed by atoms with Crippen molar-refractivity contribution in [3.63, 3.8) is 0 Å². The van der Waals surface area contributed by atoms with E-state index in [2.05, 4.69) is 0 Å². The number of carbonyl (C=O) groups is 2. The highest BCUT2D eigenvalue weighted by atomic mass is 16.4. The first-order valence-corrected chi connectivity index (χ1v) is 6.96. The lowest BCUT2D eigenvalue weighted by Gasteiger charge is -2.32. The summed E-state index contributed by atoms with van der Waals surface area (Å²) in [4.78, 5) is 25.9. The van der Waals surface area contributed by atoms with Crippen LogP contribution >= 0.6 is 0 Å². The molecule has 1 aliphatic rings. The zero-order valence-corrected chi connectivity index (χ0v) is 11.7. The summed E-state index contributed by atoms with van der Waals surface area (Å²) in [7, 11) is 0. The lowest BCUT2D eigenvalue weighted by Crippen LogP contribution is -3.15. The summed E-state index contributed by atoms with van der Waals surface area (Å²) in [6.45, 7) is 5.46. The molecule has 5 heteroatoms. The van der Waals surface area contributed by atoms with Gasteiger partial charge in [0.1, 0.15) is 0 Å². The molecule has 1 aromatic rings. The molecule has 108 valence electrons. The lowest BCUT2D eigenvalue weighted by molar-refractivity contribution is -0.903. The summed E-state index contributed by atoms with van der Waals surface area (Å²) in [5, 5.41) is 10.4. The van der Waals surface area contributed by atoms with Crippen LogP contribution in [0.4, 0.5) is 0 Å². The molecule has 2 rings (SSSR count). The minimum Gasteiger partial charge on any atom is -0.550 e. The number of piperazine rings is 1. The van der Waals surface area contributed by atoms with E-state index in [1.165, 1.54) is 4.90 Å². The first-order chi connectivity index (χ1) is 9.58. The molecule has 1 N–H and O–H groups in total. The van der Waals surface area contributed by atoms with Crippen LogP contribution in [0, 0.1) is 6.92 Å². The zero-order valence-electron chi connectivity index (χ0n) is 11.7. The van der Waals surface area contributed by atoms with E-state index < -0.39 is 5.97 Å². The fourth-order valence-corrected chi connectivity index (χ4v) is 2.54. The van der Waals surface area contributed by atoms with Crippen LogP contribution in [0.25, 0.3) is 0 Å². The van der Waals surface area contributed by atoms with Crippen molar-refractivity contribution < 1.29 is 19.6 Å². The summed E-state index contributed by atoms with van der Waals surface area (Å²) < 4.78 is 0. The second-order valence-electron chi connectivity index (χ2n) is 5.23. The Labute approximate surface area is 118 Å². The molecule has 1 aliphatic heterocycles. The van der Waals surface area contributed by atoms with Crippen molar-refractivity contribution in [1.82, 2.24) is 4.90 Å². The predicted octanol–water partition coefficient (Wildman–Crippen LogP) is -1.52. The van der Waals surface area contributed by atoms with Crippen LogP contribution in [-0.2, 0) is 4.79 Å². The van der Waals surface area contributed by atoms with Gasteiger partial charge in [-0.25, -0.2) is 0 Å². The van der Waals surface area contributed by atoms with Gasteiger partial charge in [-0.3, -0.25) is 4.79 Å². The number of quaternary nitrogens is 1. The van der Waals surface area contributed by atoms with E-state index in [0.29, 0.717) is 19.6 Å². The molecule has 0 atom stereocenters. The van der Waals surface area contributed by atoms with Gasteiger partial charge in [-0.2, -0.15) is 0 Å². The van der Waals surface area contributed by atoms with Crippen LogP contribution in [-0.4, -0.2) is 49.5 Å². The van der Waals surface area contributed by atoms with E-state index in [9.17, 15) is 14.7 Å². The molecule has 1 amide bonds. The predicted molar refractivity (Wildman–Crippen MR) is 72.3 cm³/mol. The Morgan fingerprint density at radius 1 is 1.25 bits per heavy atom. The molecule has 0 spiro atoms. The van der Waals surface area contributed by atoms with Gasteiger partial charge >= 0.3 is 0 Å². The van der Waals surface area contributed by atoms with E-state index in [-0.39, 0.29) is 12.3 Å². The van der Waals surface area contributed by atoms with Crippen molar-refractivity contribution in [2.24, 2.45) is 0 Å². The van der Waals surface area contributed by atoms with Gasteiger partial charge in [0.25, 0.3) is 5.91 Å². The highest BCUT2D eigenvalue weighted by molar-refractivity contribution is 5.95. The number of hydrogen-bond donors (Lipinski definition) is 1. The third-order valence-corrected chi connectivity index (χ3v) is 3.82. The molecular weight excluding hydrogens is 256 g/mol. The fraction of sp³-hybridized carbons (Fsp3) is 0.467. The van der Waals surface area contributed by atoms with E-state index in [4.69, 9.17) is 0 Å². The topological polar surface area (TPSA) is 64.9 Å². The Morgan fingerprint density at radius 3 is 2.50 bits per heavy atom. The summed E-state index contributed by atoms with van der Waals surface area (Å²) in [6.07, 6.45) is 0.0844. The van der Waals surface area contributed by atoms with Crippen molar-refractivity contribution in [3.8, 4) is 0 Å². The van der Waals surface area contributed by atoms with Crippen LogP contribution in [0.2, 0.25) is 0 Å². The molecule has 1 saturated heterocycles. The number of carboxylic acids is 1. The Bertz CT molecular complexity index is 494. The van der Waals surface area contributed by atoms with Gasteiger partial charge in [0.15, 0.2) is 0 Å². The van der Waals surface area contributed by atoms with Gasteiger partial charge < -0.3 is 19.7 Å². The van der Waals surface area contributed by atoms with Gasteiger partial charge in [0.2, 0.25) is 0 Å². The van der Waals surface area contributed by atoms with Crippen LogP contribution in [0.3, 0.4) is 0 Å². The minimum absolute atomic E-state index is 0.0713. The minimum atomic E-state index is -1.00. The number of rotatable bonds is 4. The second-order valence-corrected chi connectivity index (χ2v) is 5.23. The highest BCUT2D eigenvalue weighted by Gasteiger charge is 2.24. The molecule has 0 bridgehead atoms. The molecule has 20 heavy (non-hydrogen) atoms. The van der Waals surface area contributed by atoms with Crippen molar-refractivity contribution in [2.45, 2.75) is 13.3 Å².